The molecule has 9 nitrogen and oxygen atoms in total. The monoisotopic (exact) mass is 378 g/mol. The van der Waals surface area contributed by atoms with Crippen molar-refractivity contribution in [2.45, 2.75) is 12.1 Å². The number of carbonyl (C=O) groups is 1. The number of hydrogen-bond acceptors (Lipinski definition) is 7. The van der Waals surface area contributed by atoms with Gasteiger partial charge in [-0.05, 0) is 18.2 Å². The Kier molecular flexibility index (Phi) is 5.33. The molecule has 3 heterocycles. The van der Waals surface area contributed by atoms with Crippen LogP contribution in [-0.2, 0) is 14.6 Å². The SMILES string of the molecule is COC1CS(=O)(=O)CC1NC(=O)Nc1ccc(Oc2cccnc2)nc1. The molecule has 2 aromatic heterocycles. The molecule has 2 amide bonds. The number of anilines is 1. The van der Waals surface area contributed by atoms with Crippen LogP contribution < -0.4 is 15.4 Å². The van der Waals surface area contributed by atoms with E-state index in [-0.39, 0.29) is 11.5 Å². The molecule has 0 spiro atoms. The van der Waals surface area contributed by atoms with Gasteiger partial charge < -0.3 is 20.1 Å². The van der Waals surface area contributed by atoms with Crippen molar-refractivity contribution in [2.75, 3.05) is 23.9 Å². The van der Waals surface area contributed by atoms with Crippen molar-refractivity contribution in [3.63, 3.8) is 0 Å². The van der Waals surface area contributed by atoms with Crippen LogP contribution in [0, 0.1) is 0 Å². The van der Waals surface area contributed by atoms with E-state index in [0.29, 0.717) is 17.3 Å². The van der Waals surface area contributed by atoms with E-state index in [1.54, 1.807) is 36.7 Å². The van der Waals surface area contributed by atoms with Crippen molar-refractivity contribution in [1.29, 1.82) is 0 Å². The number of amides is 2. The van der Waals surface area contributed by atoms with Crippen LogP contribution in [0.1, 0.15) is 0 Å². The molecule has 26 heavy (non-hydrogen) atoms. The number of sulfone groups is 1. The number of nitrogens with zero attached hydrogens (tertiary/aromatic N) is 2. The summed E-state index contributed by atoms with van der Waals surface area (Å²) in [6, 6.07) is 5.59. The molecule has 2 unspecified atom stereocenters. The first-order valence-electron chi connectivity index (χ1n) is 7.80. The van der Waals surface area contributed by atoms with Gasteiger partial charge in [0.2, 0.25) is 5.88 Å². The van der Waals surface area contributed by atoms with E-state index in [1.807, 2.05) is 0 Å². The van der Waals surface area contributed by atoms with E-state index in [0.717, 1.165) is 0 Å². The molecule has 2 N–H and O–H groups in total. The van der Waals surface area contributed by atoms with Crippen LogP contribution in [0.2, 0.25) is 0 Å². The third kappa shape index (κ3) is 4.67. The van der Waals surface area contributed by atoms with Crippen LogP contribution in [0.5, 0.6) is 11.6 Å². The van der Waals surface area contributed by atoms with E-state index >= 15 is 0 Å². The highest BCUT2D eigenvalue weighted by atomic mass is 32.2. The fourth-order valence-electron chi connectivity index (χ4n) is 2.56. The van der Waals surface area contributed by atoms with E-state index in [9.17, 15) is 13.2 Å². The van der Waals surface area contributed by atoms with Gasteiger partial charge in [-0.25, -0.2) is 18.2 Å². The molecule has 1 saturated heterocycles. The third-order valence-corrected chi connectivity index (χ3v) is 5.47. The minimum atomic E-state index is -3.21. The fraction of sp³-hybridized carbons (Fsp3) is 0.312. The number of aromatic nitrogens is 2. The second-order valence-corrected chi connectivity index (χ2v) is 7.89. The highest BCUT2D eigenvalue weighted by Gasteiger charge is 2.38. The summed E-state index contributed by atoms with van der Waals surface area (Å²) in [6.45, 7) is 0. The Bertz CT molecular complexity index is 858. The quantitative estimate of drug-likeness (QED) is 0.802. The first kappa shape index (κ1) is 18.1. The summed E-state index contributed by atoms with van der Waals surface area (Å²) in [5, 5.41) is 5.22. The molecule has 0 saturated carbocycles. The minimum absolute atomic E-state index is 0.101. The first-order chi connectivity index (χ1) is 12.4. The maximum Gasteiger partial charge on any atom is 0.319 e. The predicted octanol–water partition coefficient (Wildman–Crippen LogP) is 1.20. The number of hydrogen-bond donors (Lipinski definition) is 2. The molecule has 0 aromatic carbocycles. The van der Waals surface area contributed by atoms with Gasteiger partial charge in [0.15, 0.2) is 9.84 Å². The van der Waals surface area contributed by atoms with Crippen LogP contribution in [0.4, 0.5) is 10.5 Å². The van der Waals surface area contributed by atoms with Gasteiger partial charge in [-0.2, -0.15) is 0 Å². The van der Waals surface area contributed by atoms with E-state index < -0.39 is 28.0 Å². The average Bonchev–Trinajstić information content (AvgIpc) is 2.91. The fourth-order valence-corrected chi connectivity index (χ4v) is 4.41. The van der Waals surface area contributed by atoms with Crippen LogP contribution in [0.15, 0.2) is 42.9 Å². The number of nitrogens with one attached hydrogen (secondary N) is 2. The Morgan fingerprint density at radius 3 is 2.73 bits per heavy atom. The van der Waals surface area contributed by atoms with Gasteiger partial charge in [0.1, 0.15) is 5.75 Å². The van der Waals surface area contributed by atoms with E-state index in [4.69, 9.17) is 9.47 Å². The molecule has 138 valence electrons. The third-order valence-electron chi connectivity index (χ3n) is 3.77. The summed E-state index contributed by atoms with van der Waals surface area (Å²) in [5.74, 6) is 0.655. The molecule has 10 heteroatoms. The maximum absolute atomic E-state index is 12.1. The summed E-state index contributed by atoms with van der Waals surface area (Å²) in [4.78, 5) is 20.1. The van der Waals surface area contributed by atoms with Gasteiger partial charge in [0.05, 0.1) is 41.7 Å². The lowest BCUT2D eigenvalue weighted by Gasteiger charge is -2.18. The summed E-state index contributed by atoms with van der Waals surface area (Å²) in [6.07, 6.45) is 4.07. The number of carbonyl (C=O) groups excluding carboxylic acids is 1. The lowest BCUT2D eigenvalue weighted by molar-refractivity contribution is 0.102. The normalized spacial score (nSPS) is 21.1. The number of urea groups is 1. The molecule has 0 aliphatic carbocycles. The Balaban J connectivity index is 1.56. The highest BCUT2D eigenvalue weighted by Crippen LogP contribution is 2.19. The molecule has 0 bridgehead atoms. The average molecular weight is 378 g/mol. The van der Waals surface area contributed by atoms with Crippen molar-refractivity contribution in [2.24, 2.45) is 0 Å². The van der Waals surface area contributed by atoms with Crippen molar-refractivity contribution in [3.8, 4) is 11.6 Å². The summed E-state index contributed by atoms with van der Waals surface area (Å²) >= 11 is 0. The lowest BCUT2D eigenvalue weighted by Crippen LogP contribution is -2.45. The number of rotatable bonds is 5. The lowest BCUT2D eigenvalue weighted by atomic mass is 10.2. The van der Waals surface area contributed by atoms with Crippen molar-refractivity contribution in [3.05, 3.63) is 42.9 Å². The molecular weight excluding hydrogens is 360 g/mol. The molecule has 1 aliphatic rings. The molecule has 3 rings (SSSR count). The van der Waals surface area contributed by atoms with E-state index in [1.165, 1.54) is 13.3 Å². The van der Waals surface area contributed by atoms with Crippen LogP contribution in [0.3, 0.4) is 0 Å². The van der Waals surface area contributed by atoms with Crippen molar-refractivity contribution < 1.29 is 22.7 Å². The Morgan fingerprint density at radius 2 is 2.08 bits per heavy atom. The molecular formula is C16H18N4O5S. The van der Waals surface area contributed by atoms with Gasteiger partial charge >= 0.3 is 6.03 Å². The van der Waals surface area contributed by atoms with Gasteiger partial charge in [-0.1, -0.05) is 0 Å². The Labute approximate surface area is 150 Å². The molecule has 1 aliphatic heterocycles. The minimum Gasteiger partial charge on any atom is -0.437 e. The van der Waals surface area contributed by atoms with Crippen molar-refractivity contribution in [1.82, 2.24) is 15.3 Å². The van der Waals surface area contributed by atoms with Gasteiger partial charge in [0.25, 0.3) is 0 Å². The number of methoxy groups -OCH3 is 1. The number of pyridine rings is 2. The van der Waals surface area contributed by atoms with Crippen LogP contribution in [0.25, 0.3) is 0 Å². The second kappa shape index (κ2) is 7.67. The van der Waals surface area contributed by atoms with E-state index in [2.05, 4.69) is 20.6 Å². The van der Waals surface area contributed by atoms with Crippen molar-refractivity contribution >= 4 is 21.6 Å². The Hall–Kier alpha value is -2.72. The van der Waals surface area contributed by atoms with Crippen LogP contribution >= 0.6 is 0 Å². The summed E-state index contributed by atoms with van der Waals surface area (Å²) in [5.41, 5.74) is 0.441. The largest absolute Gasteiger partial charge is 0.437 e. The Morgan fingerprint density at radius 1 is 1.23 bits per heavy atom. The molecule has 2 atom stereocenters. The smallest absolute Gasteiger partial charge is 0.319 e. The van der Waals surface area contributed by atoms with Gasteiger partial charge in [-0.15, -0.1) is 0 Å². The zero-order chi connectivity index (χ0) is 18.6. The van der Waals surface area contributed by atoms with Gasteiger partial charge in [0, 0.05) is 19.4 Å². The maximum atomic E-state index is 12.1. The first-order valence-corrected chi connectivity index (χ1v) is 9.62. The molecule has 0 radical (unpaired) electrons. The summed E-state index contributed by atoms with van der Waals surface area (Å²) in [7, 11) is -1.79. The van der Waals surface area contributed by atoms with Crippen LogP contribution in [-0.4, -0.2) is 55.2 Å². The summed E-state index contributed by atoms with van der Waals surface area (Å²) < 4.78 is 34.0. The predicted molar refractivity (Wildman–Crippen MR) is 93.9 cm³/mol. The topological polar surface area (TPSA) is 120 Å². The molecule has 2 aromatic rings. The zero-order valence-corrected chi connectivity index (χ0v) is 14.8. The highest BCUT2D eigenvalue weighted by molar-refractivity contribution is 7.91. The zero-order valence-electron chi connectivity index (χ0n) is 14.0. The molecule has 1 fully saturated rings. The second-order valence-electron chi connectivity index (χ2n) is 5.73. The standard InChI is InChI=1S/C16H18N4O5S/c1-24-14-10-26(22,23)9-13(14)20-16(21)19-11-4-5-15(18-7-11)25-12-3-2-6-17-8-12/h2-8,13-14H,9-10H2,1H3,(H2,19,20,21). The van der Waals surface area contributed by atoms with Gasteiger partial charge in [-0.3, -0.25) is 4.98 Å². The number of ether oxygens (including phenoxy) is 2.